The van der Waals surface area contributed by atoms with Crippen molar-refractivity contribution in [3.8, 4) is 0 Å². The molecule has 0 saturated heterocycles. The van der Waals surface area contributed by atoms with Crippen molar-refractivity contribution in [1.82, 2.24) is 9.97 Å². The van der Waals surface area contributed by atoms with Gasteiger partial charge in [0, 0.05) is 6.20 Å². The van der Waals surface area contributed by atoms with Crippen molar-refractivity contribution in [3.63, 3.8) is 0 Å². The Labute approximate surface area is 76.5 Å². The fourth-order valence-corrected chi connectivity index (χ4v) is 0.891. The highest BCUT2D eigenvalue weighted by Crippen LogP contribution is 2.02. The number of aromatic nitrogens is 2. The molecule has 0 saturated carbocycles. The van der Waals surface area contributed by atoms with Crippen LogP contribution >= 0.6 is 0 Å². The van der Waals surface area contributed by atoms with Crippen LogP contribution in [0.25, 0.3) is 0 Å². The zero-order valence-electron chi connectivity index (χ0n) is 7.44. The fourth-order valence-electron chi connectivity index (χ4n) is 0.891. The van der Waals surface area contributed by atoms with Gasteiger partial charge in [0.15, 0.2) is 0 Å². The van der Waals surface area contributed by atoms with E-state index in [2.05, 4.69) is 15.3 Å². The van der Waals surface area contributed by atoms with E-state index in [0.717, 1.165) is 5.69 Å². The van der Waals surface area contributed by atoms with Gasteiger partial charge < -0.3 is 15.5 Å². The molecule has 0 atom stereocenters. The van der Waals surface area contributed by atoms with Crippen LogP contribution < -0.4 is 5.32 Å². The van der Waals surface area contributed by atoms with Gasteiger partial charge in [0.2, 0.25) is 0 Å². The topological polar surface area (TPSA) is 78.3 Å². The van der Waals surface area contributed by atoms with Gasteiger partial charge in [-0.3, -0.25) is 4.98 Å². The molecule has 0 aliphatic heterocycles. The van der Waals surface area contributed by atoms with Crippen molar-refractivity contribution in [2.45, 2.75) is 13.0 Å². The molecule has 0 amide bonds. The van der Waals surface area contributed by atoms with Crippen LogP contribution in [-0.4, -0.2) is 39.4 Å². The number of aryl methyl sites for hydroxylation is 1. The largest absolute Gasteiger partial charge is 0.394 e. The molecule has 72 valence electrons. The van der Waals surface area contributed by atoms with Crippen molar-refractivity contribution in [2.24, 2.45) is 0 Å². The van der Waals surface area contributed by atoms with E-state index in [1.54, 1.807) is 12.4 Å². The second-order valence-corrected chi connectivity index (χ2v) is 2.75. The van der Waals surface area contributed by atoms with Crippen LogP contribution in [0.1, 0.15) is 5.69 Å². The number of hydrogen-bond donors (Lipinski definition) is 3. The molecule has 1 heterocycles. The van der Waals surface area contributed by atoms with Crippen molar-refractivity contribution in [2.75, 3.05) is 18.5 Å². The SMILES string of the molecule is Cc1cncc(NC(CO)CO)n1. The van der Waals surface area contributed by atoms with Gasteiger partial charge in [-0.1, -0.05) is 0 Å². The Morgan fingerprint density at radius 1 is 1.38 bits per heavy atom. The third-order valence-corrected chi connectivity index (χ3v) is 1.55. The number of rotatable bonds is 4. The number of nitrogens with one attached hydrogen (secondary N) is 1. The minimum absolute atomic E-state index is 0.133. The Hall–Kier alpha value is -1.20. The first-order valence-corrected chi connectivity index (χ1v) is 4.03. The lowest BCUT2D eigenvalue weighted by Gasteiger charge is -2.13. The van der Waals surface area contributed by atoms with Gasteiger partial charge in [-0.15, -0.1) is 0 Å². The van der Waals surface area contributed by atoms with Gasteiger partial charge in [-0.05, 0) is 6.92 Å². The van der Waals surface area contributed by atoms with Gasteiger partial charge >= 0.3 is 0 Å². The van der Waals surface area contributed by atoms with Crippen molar-refractivity contribution >= 4 is 5.82 Å². The van der Waals surface area contributed by atoms with Crippen LogP contribution in [0.4, 0.5) is 5.82 Å². The number of aliphatic hydroxyl groups is 2. The molecule has 1 aromatic rings. The summed E-state index contributed by atoms with van der Waals surface area (Å²) in [5.74, 6) is 0.563. The molecule has 0 spiro atoms. The third kappa shape index (κ3) is 2.96. The summed E-state index contributed by atoms with van der Waals surface area (Å²) in [5, 5.41) is 20.4. The second-order valence-electron chi connectivity index (χ2n) is 2.75. The fraction of sp³-hybridized carbons (Fsp3) is 0.500. The lowest BCUT2D eigenvalue weighted by Crippen LogP contribution is -2.28. The predicted molar refractivity (Wildman–Crippen MR) is 48.4 cm³/mol. The average Bonchev–Trinajstić information content (AvgIpc) is 2.14. The molecule has 0 aliphatic rings. The minimum atomic E-state index is -0.379. The summed E-state index contributed by atoms with van der Waals surface area (Å²) >= 11 is 0. The minimum Gasteiger partial charge on any atom is -0.394 e. The molecule has 0 fully saturated rings. The zero-order valence-corrected chi connectivity index (χ0v) is 7.44. The number of aliphatic hydroxyl groups excluding tert-OH is 2. The van der Waals surface area contributed by atoms with E-state index in [0.29, 0.717) is 5.82 Å². The number of nitrogens with zero attached hydrogens (tertiary/aromatic N) is 2. The summed E-state index contributed by atoms with van der Waals surface area (Å²) in [7, 11) is 0. The molecule has 0 bridgehead atoms. The van der Waals surface area contributed by atoms with Crippen LogP contribution in [0.5, 0.6) is 0 Å². The first-order valence-electron chi connectivity index (χ1n) is 4.03. The summed E-state index contributed by atoms with van der Waals surface area (Å²) in [6.07, 6.45) is 3.18. The quantitative estimate of drug-likeness (QED) is 0.589. The highest BCUT2D eigenvalue weighted by Gasteiger charge is 2.05. The summed E-state index contributed by atoms with van der Waals surface area (Å²) in [6.45, 7) is 1.56. The van der Waals surface area contributed by atoms with E-state index in [9.17, 15) is 0 Å². The molecule has 5 nitrogen and oxygen atoms in total. The van der Waals surface area contributed by atoms with Gasteiger partial charge in [-0.25, -0.2) is 4.98 Å². The summed E-state index contributed by atoms with van der Waals surface area (Å²) in [4.78, 5) is 8.03. The molecule has 1 aromatic heterocycles. The first kappa shape index (κ1) is 9.88. The van der Waals surface area contributed by atoms with E-state index in [1.165, 1.54) is 0 Å². The Bertz CT molecular complexity index is 263. The van der Waals surface area contributed by atoms with Crippen LogP contribution in [0, 0.1) is 6.92 Å². The molecular formula is C8H13N3O2. The first-order chi connectivity index (χ1) is 6.26. The molecule has 3 N–H and O–H groups in total. The Morgan fingerprint density at radius 2 is 2.08 bits per heavy atom. The van der Waals surface area contributed by atoms with Crippen molar-refractivity contribution < 1.29 is 10.2 Å². The van der Waals surface area contributed by atoms with Crippen LogP contribution in [0.3, 0.4) is 0 Å². The zero-order chi connectivity index (χ0) is 9.68. The normalized spacial score (nSPS) is 10.5. The molecule has 13 heavy (non-hydrogen) atoms. The molecule has 0 unspecified atom stereocenters. The highest BCUT2D eigenvalue weighted by atomic mass is 16.3. The molecule has 0 aromatic carbocycles. The van der Waals surface area contributed by atoms with Crippen LogP contribution in [-0.2, 0) is 0 Å². The van der Waals surface area contributed by atoms with E-state index < -0.39 is 0 Å². The second kappa shape index (κ2) is 4.74. The molecule has 0 radical (unpaired) electrons. The number of hydrogen-bond acceptors (Lipinski definition) is 5. The van der Waals surface area contributed by atoms with Crippen LogP contribution in [0.2, 0.25) is 0 Å². The molecular weight excluding hydrogens is 170 g/mol. The Morgan fingerprint density at radius 3 is 2.62 bits per heavy atom. The third-order valence-electron chi connectivity index (χ3n) is 1.55. The predicted octanol–water partition coefficient (Wildman–Crippen LogP) is -0.450. The maximum Gasteiger partial charge on any atom is 0.145 e. The maximum atomic E-state index is 8.79. The van der Waals surface area contributed by atoms with Crippen molar-refractivity contribution in [1.29, 1.82) is 0 Å². The van der Waals surface area contributed by atoms with Crippen molar-refractivity contribution in [3.05, 3.63) is 18.1 Å². The van der Waals surface area contributed by atoms with Crippen LogP contribution in [0.15, 0.2) is 12.4 Å². The Balaban J connectivity index is 2.62. The number of anilines is 1. The monoisotopic (exact) mass is 183 g/mol. The smallest absolute Gasteiger partial charge is 0.145 e. The molecule has 5 heteroatoms. The highest BCUT2D eigenvalue weighted by molar-refractivity contribution is 5.32. The van der Waals surface area contributed by atoms with Gasteiger partial charge in [0.25, 0.3) is 0 Å². The molecule has 0 aliphatic carbocycles. The summed E-state index contributed by atoms with van der Waals surface area (Å²) < 4.78 is 0. The van der Waals surface area contributed by atoms with E-state index in [4.69, 9.17) is 10.2 Å². The average molecular weight is 183 g/mol. The van der Waals surface area contributed by atoms with E-state index >= 15 is 0 Å². The summed E-state index contributed by atoms with van der Waals surface area (Å²) in [5.41, 5.74) is 0.791. The Kier molecular flexibility index (Phi) is 3.60. The van der Waals surface area contributed by atoms with E-state index in [1.807, 2.05) is 6.92 Å². The van der Waals surface area contributed by atoms with E-state index in [-0.39, 0.29) is 19.3 Å². The van der Waals surface area contributed by atoms with Gasteiger partial charge in [0.05, 0.1) is 31.1 Å². The van der Waals surface area contributed by atoms with Gasteiger partial charge in [-0.2, -0.15) is 0 Å². The standard InChI is InChI=1S/C8H13N3O2/c1-6-2-9-3-8(10-6)11-7(4-12)5-13/h2-3,7,12-13H,4-5H2,1H3,(H,10,11). The lowest BCUT2D eigenvalue weighted by atomic mass is 10.3. The summed E-state index contributed by atoms with van der Waals surface area (Å²) in [6, 6.07) is -0.379. The van der Waals surface area contributed by atoms with Gasteiger partial charge in [0.1, 0.15) is 5.82 Å². The lowest BCUT2D eigenvalue weighted by molar-refractivity contribution is 0.203. The maximum absolute atomic E-state index is 8.79. The molecule has 1 rings (SSSR count).